The molecule has 0 aromatic carbocycles. The zero-order valence-electron chi connectivity index (χ0n) is 16.2. The molecule has 1 saturated heterocycles. The van der Waals surface area contributed by atoms with E-state index in [1.165, 1.54) is 6.08 Å². The third-order valence-electron chi connectivity index (χ3n) is 3.83. The van der Waals surface area contributed by atoms with Gasteiger partial charge in [0.1, 0.15) is 24.0 Å². The fraction of sp³-hybridized carbons (Fsp3) is 0.500. The Hall–Kier alpha value is -1.49. The molecule has 1 fully saturated rings. The number of aromatic amines is 1. The minimum absolute atomic E-state index is 0.114. The predicted octanol–water partition coefficient (Wildman–Crippen LogP) is -1.90. The minimum Gasteiger partial charge on any atom is -0.387 e. The molecule has 2 heterocycles. The third-order valence-corrected chi connectivity index (χ3v) is 7.64. The molecule has 1 aromatic heterocycles. The molecular weight excluding hydrogens is 519 g/mol. The first-order chi connectivity index (χ1) is 15.1. The SMILES string of the molecule is C=CCNc1cn(C2OC(COP(=O)(O)OP(=O)(O)OP(=O)(O)O)C(O)C2O)c(=O)[nH]c1=O. The van der Waals surface area contributed by atoms with Gasteiger partial charge in [-0.05, 0) is 0 Å². The number of H-pyrrole nitrogens is 1. The number of ether oxygens (including phenoxy) is 1. The molecule has 33 heavy (non-hydrogen) atoms. The second-order valence-electron chi connectivity index (χ2n) is 6.31. The van der Waals surface area contributed by atoms with Gasteiger partial charge in [-0.25, -0.2) is 18.5 Å². The maximum absolute atomic E-state index is 12.1. The molecule has 1 aromatic rings. The molecule has 18 nitrogen and oxygen atoms in total. The van der Waals surface area contributed by atoms with Crippen LogP contribution in [0.5, 0.6) is 0 Å². The number of aliphatic hydroxyl groups excluding tert-OH is 2. The Morgan fingerprint density at radius 2 is 1.76 bits per heavy atom. The van der Waals surface area contributed by atoms with Crippen molar-refractivity contribution in [3.63, 3.8) is 0 Å². The number of phosphoric acid groups is 3. The van der Waals surface area contributed by atoms with Crippen LogP contribution in [0.4, 0.5) is 5.69 Å². The van der Waals surface area contributed by atoms with Gasteiger partial charge in [0.05, 0.1) is 6.61 Å². The fourth-order valence-electron chi connectivity index (χ4n) is 2.55. The monoisotopic (exact) mass is 539 g/mol. The van der Waals surface area contributed by atoms with Crippen LogP contribution >= 0.6 is 23.5 Å². The second kappa shape index (κ2) is 10.4. The highest BCUT2D eigenvalue weighted by atomic mass is 31.3. The number of hydrogen-bond donors (Lipinski definition) is 8. The molecule has 0 aliphatic carbocycles. The predicted molar refractivity (Wildman–Crippen MR) is 106 cm³/mol. The van der Waals surface area contributed by atoms with Crippen molar-refractivity contribution < 1.29 is 61.4 Å². The molecule has 2 rings (SSSR count). The van der Waals surface area contributed by atoms with E-state index in [2.05, 4.69) is 25.0 Å². The number of hydrogen-bond acceptors (Lipinski definition) is 12. The largest absolute Gasteiger partial charge is 0.490 e. The highest BCUT2D eigenvalue weighted by molar-refractivity contribution is 7.66. The summed E-state index contributed by atoms with van der Waals surface area (Å²) >= 11 is 0. The molecule has 0 saturated carbocycles. The van der Waals surface area contributed by atoms with Gasteiger partial charge < -0.3 is 39.8 Å². The van der Waals surface area contributed by atoms with Crippen LogP contribution in [-0.4, -0.2) is 70.8 Å². The van der Waals surface area contributed by atoms with E-state index >= 15 is 0 Å². The third kappa shape index (κ3) is 7.77. The maximum atomic E-state index is 12.1. The van der Waals surface area contributed by atoms with Crippen LogP contribution in [0.15, 0.2) is 28.4 Å². The summed E-state index contributed by atoms with van der Waals surface area (Å²) < 4.78 is 51.1. The van der Waals surface area contributed by atoms with Crippen molar-refractivity contribution in [2.45, 2.75) is 24.5 Å². The number of nitrogens with one attached hydrogen (secondary N) is 2. The summed E-state index contributed by atoms with van der Waals surface area (Å²) in [4.78, 5) is 61.4. The van der Waals surface area contributed by atoms with Gasteiger partial charge in [0.2, 0.25) is 0 Å². The number of nitrogens with zero attached hydrogens (tertiary/aromatic N) is 1. The zero-order chi connectivity index (χ0) is 25.2. The fourth-order valence-corrected chi connectivity index (χ4v) is 5.58. The highest BCUT2D eigenvalue weighted by Gasteiger charge is 2.46. The maximum Gasteiger partial charge on any atom is 0.490 e. The number of aliphatic hydroxyl groups is 2. The van der Waals surface area contributed by atoms with Crippen molar-refractivity contribution in [3.8, 4) is 0 Å². The van der Waals surface area contributed by atoms with E-state index in [9.17, 15) is 38.4 Å². The van der Waals surface area contributed by atoms with E-state index in [1.54, 1.807) is 0 Å². The van der Waals surface area contributed by atoms with Crippen molar-refractivity contribution in [3.05, 3.63) is 39.7 Å². The topological polar surface area (TPSA) is 276 Å². The van der Waals surface area contributed by atoms with Crippen LogP contribution in [0.3, 0.4) is 0 Å². The van der Waals surface area contributed by atoms with Crippen LogP contribution in [0, 0.1) is 0 Å². The molecule has 6 atom stereocenters. The number of phosphoric ester groups is 1. The Morgan fingerprint density at radius 1 is 1.12 bits per heavy atom. The molecule has 188 valence electrons. The first kappa shape index (κ1) is 27.8. The van der Waals surface area contributed by atoms with E-state index in [-0.39, 0.29) is 12.2 Å². The highest BCUT2D eigenvalue weighted by Crippen LogP contribution is 2.66. The Kier molecular flexibility index (Phi) is 8.76. The molecule has 1 aliphatic rings. The average molecular weight is 539 g/mol. The Morgan fingerprint density at radius 3 is 2.33 bits per heavy atom. The molecule has 0 bridgehead atoms. The van der Waals surface area contributed by atoms with Gasteiger partial charge in [-0.1, -0.05) is 6.08 Å². The van der Waals surface area contributed by atoms with Gasteiger partial charge in [0.25, 0.3) is 5.56 Å². The summed E-state index contributed by atoms with van der Waals surface area (Å²) in [5.74, 6) is 0. The van der Waals surface area contributed by atoms with E-state index in [0.717, 1.165) is 6.20 Å². The van der Waals surface area contributed by atoms with Gasteiger partial charge in [-0.15, -0.1) is 6.58 Å². The lowest BCUT2D eigenvalue weighted by atomic mass is 10.1. The van der Waals surface area contributed by atoms with E-state index < -0.39 is 65.9 Å². The normalized spacial score (nSPS) is 27.0. The van der Waals surface area contributed by atoms with Crippen molar-refractivity contribution in [1.82, 2.24) is 9.55 Å². The molecule has 6 unspecified atom stereocenters. The van der Waals surface area contributed by atoms with Crippen molar-refractivity contribution in [2.75, 3.05) is 18.5 Å². The smallest absolute Gasteiger partial charge is 0.387 e. The van der Waals surface area contributed by atoms with Crippen LogP contribution in [0.2, 0.25) is 0 Å². The minimum atomic E-state index is -5.76. The summed E-state index contributed by atoms with van der Waals surface area (Å²) in [7, 11) is -16.9. The van der Waals surface area contributed by atoms with E-state index in [1.807, 2.05) is 4.98 Å². The van der Waals surface area contributed by atoms with Gasteiger partial charge in [-0.2, -0.15) is 8.62 Å². The van der Waals surface area contributed by atoms with E-state index in [0.29, 0.717) is 4.57 Å². The Bertz CT molecular complexity index is 1130. The van der Waals surface area contributed by atoms with Gasteiger partial charge in [0, 0.05) is 12.7 Å². The summed E-state index contributed by atoms with van der Waals surface area (Å²) in [6.45, 7) is 2.51. The molecule has 8 N–H and O–H groups in total. The van der Waals surface area contributed by atoms with Gasteiger partial charge in [0.15, 0.2) is 6.23 Å². The number of aromatic nitrogens is 2. The first-order valence-electron chi connectivity index (χ1n) is 8.55. The zero-order valence-corrected chi connectivity index (χ0v) is 18.9. The Labute approximate surface area is 183 Å². The summed E-state index contributed by atoms with van der Waals surface area (Å²) in [6.07, 6.45) is -4.46. The summed E-state index contributed by atoms with van der Waals surface area (Å²) in [6, 6.07) is 0. The lowest BCUT2D eigenvalue weighted by molar-refractivity contribution is -0.0541. The van der Waals surface area contributed by atoms with Crippen molar-refractivity contribution in [1.29, 1.82) is 0 Å². The molecule has 0 amide bonds. The average Bonchev–Trinajstić information content (AvgIpc) is 2.91. The van der Waals surface area contributed by atoms with Gasteiger partial charge >= 0.3 is 29.2 Å². The summed E-state index contributed by atoms with van der Waals surface area (Å²) in [5, 5.41) is 22.9. The molecule has 0 radical (unpaired) electrons. The molecular formula is C12H20N3O15P3. The lowest BCUT2D eigenvalue weighted by Gasteiger charge is -2.19. The molecule has 1 aliphatic heterocycles. The van der Waals surface area contributed by atoms with Gasteiger partial charge in [-0.3, -0.25) is 18.9 Å². The molecule has 0 spiro atoms. The van der Waals surface area contributed by atoms with Crippen LogP contribution in [-0.2, 0) is 31.6 Å². The first-order valence-corrected chi connectivity index (χ1v) is 13.1. The van der Waals surface area contributed by atoms with Crippen LogP contribution in [0.25, 0.3) is 0 Å². The van der Waals surface area contributed by atoms with E-state index in [4.69, 9.17) is 19.4 Å². The van der Waals surface area contributed by atoms with Crippen LogP contribution < -0.4 is 16.6 Å². The Balaban J connectivity index is 2.13. The van der Waals surface area contributed by atoms with Crippen molar-refractivity contribution >= 4 is 29.2 Å². The quantitative estimate of drug-likeness (QED) is 0.113. The second-order valence-corrected chi connectivity index (χ2v) is 10.7. The summed E-state index contributed by atoms with van der Waals surface area (Å²) in [5.41, 5.74) is -1.94. The van der Waals surface area contributed by atoms with Crippen LogP contribution in [0.1, 0.15) is 6.23 Å². The standard InChI is InChI=1S/C12H20N3O15P3/c1-2-3-13-6-4-15(12(19)14-10(6)18)11-9(17)8(16)7(28-11)5-27-32(23,24)30-33(25,26)29-31(20,21)22/h2,4,7-9,11,13,16-17H,1,3,5H2,(H,23,24)(H,25,26)(H,14,18,19)(H2,20,21,22). The number of rotatable bonds is 11. The number of anilines is 1. The van der Waals surface area contributed by atoms with Crippen molar-refractivity contribution in [2.24, 2.45) is 0 Å². The lowest BCUT2D eigenvalue weighted by Crippen LogP contribution is -2.38. The molecule has 21 heteroatoms.